The molecule has 0 saturated carbocycles. The van der Waals surface area contributed by atoms with E-state index in [1.54, 1.807) is 0 Å². The molecule has 0 amide bonds. The van der Waals surface area contributed by atoms with Crippen LogP contribution in [-0.4, -0.2) is 19.3 Å². The normalized spacial score (nSPS) is 22.8. The van der Waals surface area contributed by atoms with E-state index in [9.17, 15) is 0 Å². The Labute approximate surface area is 80.7 Å². The van der Waals surface area contributed by atoms with E-state index in [-0.39, 0.29) is 0 Å². The maximum absolute atomic E-state index is 5.91. The van der Waals surface area contributed by atoms with Gasteiger partial charge in [0.1, 0.15) is 0 Å². The first-order valence-electron chi connectivity index (χ1n) is 4.89. The second-order valence-electron chi connectivity index (χ2n) is 4.10. The molecule has 3 heteroatoms. The number of hydrogen-bond acceptors (Lipinski definition) is 2. The molecule has 0 radical (unpaired) electrons. The third-order valence-corrected chi connectivity index (χ3v) is 8.26. The zero-order chi connectivity index (χ0) is 9.03. The van der Waals surface area contributed by atoms with E-state index in [4.69, 9.17) is 7.55 Å². The van der Waals surface area contributed by atoms with Gasteiger partial charge in [-0.15, -0.1) is 0 Å². The van der Waals surface area contributed by atoms with E-state index in [0.29, 0.717) is 6.10 Å². The summed E-state index contributed by atoms with van der Waals surface area (Å²) in [5.41, 5.74) is 0. The second-order valence-corrected chi connectivity index (χ2v) is 14.7. The fourth-order valence-corrected chi connectivity index (χ4v) is 5.91. The molecule has 0 N–H and O–H groups in total. The van der Waals surface area contributed by atoms with E-state index in [0.717, 1.165) is 19.6 Å². The van der Waals surface area contributed by atoms with Crippen LogP contribution in [0.1, 0.15) is 19.8 Å². The van der Waals surface area contributed by atoms with Crippen LogP contribution < -0.4 is 0 Å². The van der Waals surface area contributed by atoms with Gasteiger partial charge in [0.15, 0.2) is 0 Å². The van der Waals surface area contributed by atoms with Gasteiger partial charge in [-0.2, -0.15) is 0 Å². The summed E-state index contributed by atoms with van der Waals surface area (Å²) in [5, 5.41) is 0. The van der Waals surface area contributed by atoms with E-state index < -0.39 is 20.7 Å². The molecule has 1 rings (SSSR count). The molecule has 0 aliphatic carbocycles. The fourth-order valence-electron chi connectivity index (χ4n) is 1.19. The third-order valence-electron chi connectivity index (χ3n) is 2.17. The molecule has 2 nitrogen and oxygen atoms in total. The predicted octanol–water partition coefficient (Wildman–Crippen LogP) is 2.79. The minimum atomic E-state index is -2.03. The van der Waals surface area contributed by atoms with Crippen molar-refractivity contribution in [3.63, 3.8) is 0 Å². The quantitative estimate of drug-likeness (QED) is 0.677. The van der Waals surface area contributed by atoms with Crippen LogP contribution in [0, 0.1) is 0 Å². The van der Waals surface area contributed by atoms with Crippen molar-refractivity contribution < 1.29 is 28.3 Å². The molecule has 1 heterocycles. The summed E-state index contributed by atoms with van der Waals surface area (Å²) in [6.45, 7) is 4.14. The average molecular weight is 251 g/mol. The molecule has 1 atom stereocenters. The summed E-state index contributed by atoms with van der Waals surface area (Å²) >= 11 is -2.03. The van der Waals surface area contributed by atoms with Crippen molar-refractivity contribution in [2.45, 2.75) is 39.3 Å². The van der Waals surface area contributed by atoms with Crippen LogP contribution in [0.15, 0.2) is 0 Å². The van der Waals surface area contributed by atoms with E-state index in [1.807, 2.05) is 0 Å². The molecule has 1 aliphatic heterocycles. The summed E-state index contributed by atoms with van der Waals surface area (Å²) in [7, 11) is 0. The van der Waals surface area contributed by atoms with Crippen LogP contribution in [0.4, 0.5) is 0 Å². The second kappa shape index (κ2) is 4.88. The first kappa shape index (κ1) is 10.9. The molecule has 1 saturated heterocycles. The van der Waals surface area contributed by atoms with Crippen molar-refractivity contribution >= 4 is 0 Å². The van der Waals surface area contributed by atoms with Gasteiger partial charge in [0.25, 0.3) is 0 Å². The SMILES string of the molecule is CCC[O][Zr]([CH3])([CH3])[CH2]CC1CO1. The van der Waals surface area contributed by atoms with Gasteiger partial charge in [0.05, 0.1) is 0 Å². The number of hydrogen-bond donors (Lipinski definition) is 0. The van der Waals surface area contributed by atoms with Crippen LogP contribution in [0.2, 0.25) is 13.4 Å². The Morgan fingerprint density at radius 3 is 2.67 bits per heavy atom. The van der Waals surface area contributed by atoms with Crippen molar-refractivity contribution in [3.8, 4) is 0 Å². The first-order chi connectivity index (χ1) is 5.64. The molecule has 0 bridgehead atoms. The van der Waals surface area contributed by atoms with E-state index in [2.05, 4.69) is 16.2 Å². The molecule has 72 valence electrons. The molecular weight excluding hydrogens is 231 g/mol. The molecule has 1 unspecified atom stereocenters. The molecule has 0 aromatic carbocycles. The summed E-state index contributed by atoms with van der Waals surface area (Å²) < 4.78 is 17.2. The average Bonchev–Trinajstić information content (AvgIpc) is 2.81. The van der Waals surface area contributed by atoms with Crippen molar-refractivity contribution in [2.24, 2.45) is 0 Å². The van der Waals surface area contributed by atoms with Crippen molar-refractivity contribution in [3.05, 3.63) is 0 Å². The summed E-state index contributed by atoms with van der Waals surface area (Å²) in [4.78, 5) is 0. The van der Waals surface area contributed by atoms with E-state index >= 15 is 0 Å². The topological polar surface area (TPSA) is 21.8 Å². The zero-order valence-corrected chi connectivity index (χ0v) is 10.9. The Morgan fingerprint density at radius 2 is 2.17 bits per heavy atom. The van der Waals surface area contributed by atoms with Crippen molar-refractivity contribution in [1.82, 2.24) is 0 Å². The maximum atomic E-state index is 5.91. The number of epoxide rings is 1. The Morgan fingerprint density at radius 1 is 1.50 bits per heavy atom. The van der Waals surface area contributed by atoms with Gasteiger partial charge >= 0.3 is 80.7 Å². The molecule has 0 spiro atoms. The minimum absolute atomic E-state index is 0.589. The monoisotopic (exact) mass is 250 g/mol. The van der Waals surface area contributed by atoms with Gasteiger partial charge in [0, 0.05) is 0 Å². The van der Waals surface area contributed by atoms with Gasteiger partial charge in [-0.25, -0.2) is 0 Å². The summed E-state index contributed by atoms with van der Waals surface area (Å²) in [6, 6.07) is 0. The van der Waals surface area contributed by atoms with Gasteiger partial charge in [0.2, 0.25) is 0 Å². The summed E-state index contributed by atoms with van der Waals surface area (Å²) in [5.74, 6) is 0. The Balaban J connectivity index is 2.07. The van der Waals surface area contributed by atoms with Crippen LogP contribution in [0.25, 0.3) is 0 Å². The molecular formula is C9H20O2Zr. The van der Waals surface area contributed by atoms with Crippen LogP contribution >= 0.6 is 0 Å². The molecule has 1 aliphatic rings. The Kier molecular flexibility index (Phi) is 4.42. The van der Waals surface area contributed by atoms with Crippen molar-refractivity contribution in [2.75, 3.05) is 13.2 Å². The standard InChI is InChI=1S/C4H7O.C3H7O.2CH3.Zr/c1-2-4-3-5-4;1-2-3-4;;;/h4H,1-3H2;2-3H2,1H3;2*1H3;/q;-1;;;+1. The molecule has 1 fully saturated rings. The first-order valence-corrected chi connectivity index (χ1v) is 12.6. The molecule has 12 heavy (non-hydrogen) atoms. The van der Waals surface area contributed by atoms with Gasteiger partial charge < -0.3 is 0 Å². The van der Waals surface area contributed by atoms with Crippen LogP contribution in [0.3, 0.4) is 0 Å². The van der Waals surface area contributed by atoms with Crippen LogP contribution in [0.5, 0.6) is 0 Å². The van der Waals surface area contributed by atoms with Gasteiger partial charge in [-0.1, -0.05) is 0 Å². The van der Waals surface area contributed by atoms with E-state index in [1.165, 1.54) is 10.5 Å². The van der Waals surface area contributed by atoms with Gasteiger partial charge in [-0.3, -0.25) is 0 Å². The number of rotatable bonds is 6. The Hall–Kier alpha value is 0.803. The molecule has 0 aromatic rings. The third kappa shape index (κ3) is 4.74. The molecule has 0 aromatic heterocycles. The Bertz CT molecular complexity index is 132. The van der Waals surface area contributed by atoms with Crippen LogP contribution in [-0.2, 0) is 28.3 Å². The summed E-state index contributed by atoms with van der Waals surface area (Å²) in [6.07, 6.45) is 2.98. The van der Waals surface area contributed by atoms with Gasteiger partial charge in [-0.05, 0) is 0 Å². The van der Waals surface area contributed by atoms with Crippen molar-refractivity contribution in [1.29, 1.82) is 0 Å². The fraction of sp³-hybridized carbons (Fsp3) is 1.00. The predicted molar refractivity (Wildman–Crippen MR) is 47.1 cm³/mol. The number of ether oxygens (including phenoxy) is 1. The zero-order valence-electron chi connectivity index (χ0n) is 8.43.